The Morgan fingerprint density at radius 3 is 2.19 bits per heavy atom. The van der Waals surface area contributed by atoms with Gasteiger partial charge in [0.2, 0.25) is 0 Å². The number of methoxy groups -OCH3 is 2. The molecule has 2 rings (SSSR count). The van der Waals surface area contributed by atoms with Gasteiger partial charge in [-0.25, -0.2) is 9.59 Å². The minimum atomic E-state index is -0.678. The number of carbonyl (C=O) groups excluding carboxylic acids is 2. The van der Waals surface area contributed by atoms with Gasteiger partial charge < -0.3 is 14.2 Å². The van der Waals surface area contributed by atoms with E-state index in [-0.39, 0.29) is 11.5 Å². The van der Waals surface area contributed by atoms with Crippen LogP contribution in [-0.4, -0.2) is 26.2 Å². The molecule has 0 aliphatic rings. The summed E-state index contributed by atoms with van der Waals surface area (Å²) in [7, 11) is 2.56. The van der Waals surface area contributed by atoms with Crippen molar-refractivity contribution in [1.29, 1.82) is 5.26 Å². The van der Waals surface area contributed by atoms with Crippen LogP contribution in [0.25, 0.3) is 6.08 Å². The van der Waals surface area contributed by atoms with Crippen LogP contribution >= 0.6 is 0 Å². The highest BCUT2D eigenvalue weighted by Gasteiger charge is 2.08. The first-order chi connectivity index (χ1) is 12.6. The first-order valence-electron chi connectivity index (χ1n) is 7.67. The minimum Gasteiger partial charge on any atom is -0.489 e. The summed E-state index contributed by atoms with van der Waals surface area (Å²) in [5, 5.41) is 8.95. The number of hydrogen-bond donors (Lipinski definition) is 0. The summed E-state index contributed by atoms with van der Waals surface area (Å²) in [6, 6.07) is 15.7. The number of rotatable bonds is 6. The van der Waals surface area contributed by atoms with Crippen LogP contribution in [0.4, 0.5) is 0 Å². The number of carbonyl (C=O) groups is 2. The number of nitrogens with zero attached hydrogens (tertiary/aromatic N) is 1. The monoisotopic (exact) mass is 351 g/mol. The Bertz CT molecular complexity index is 845. The van der Waals surface area contributed by atoms with Gasteiger partial charge in [0.1, 0.15) is 24.0 Å². The van der Waals surface area contributed by atoms with Gasteiger partial charge in [0, 0.05) is 0 Å². The predicted octanol–water partition coefficient (Wildman–Crippen LogP) is 3.13. The highest BCUT2D eigenvalue weighted by molar-refractivity contribution is 5.97. The number of esters is 2. The first-order valence-corrected chi connectivity index (χ1v) is 7.67. The Labute approximate surface area is 151 Å². The molecule has 0 aromatic heterocycles. The van der Waals surface area contributed by atoms with Crippen LogP contribution < -0.4 is 4.74 Å². The van der Waals surface area contributed by atoms with E-state index in [0.29, 0.717) is 23.5 Å². The molecule has 0 radical (unpaired) electrons. The fraction of sp³-hybridized carbons (Fsp3) is 0.150. The molecule has 0 aliphatic heterocycles. The maximum Gasteiger partial charge on any atom is 0.348 e. The van der Waals surface area contributed by atoms with Crippen LogP contribution in [0.3, 0.4) is 0 Å². The second-order valence-electron chi connectivity index (χ2n) is 5.21. The Morgan fingerprint density at radius 1 is 1.00 bits per heavy atom. The lowest BCUT2D eigenvalue weighted by Crippen LogP contribution is -2.02. The molecule has 132 valence electrons. The zero-order chi connectivity index (χ0) is 18.9. The summed E-state index contributed by atoms with van der Waals surface area (Å²) in [5.41, 5.74) is 1.99. The van der Waals surface area contributed by atoms with Crippen molar-refractivity contribution in [2.24, 2.45) is 0 Å². The molecule has 0 fully saturated rings. The Balaban J connectivity index is 1.99. The van der Waals surface area contributed by atoms with Gasteiger partial charge in [-0.3, -0.25) is 0 Å². The molecule has 0 heterocycles. The molecule has 0 N–H and O–H groups in total. The van der Waals surface area contributed by atoms with E-state index in [9.17, 15) is 9.59 Å². The zero-order valence-electron chi connectivity index (χ0n) is 14.4. The largest absolute Gasteiger partial charge is 0.489 e. The van der Waals surface area contributed by atoms with Crippen molar-refractivity contribution in [3.05, 3.63) is 70.8 Å². The van der Waals surface area contributed by atoms with Crippen LogP contribution in [0.15, 0.2) is 54.1 Å². The van der Waals surface area contributed by atoms with Gasteiger partial charge in [-0.15, -0.1) is 0 Å². The Morgan fingerprint density at radius 2 is 1.65 bits per heavy atom. The fourth-order valence-corrected chi connectivity index (χ4v) is 2.10. The summed E-state index contributed by atoms with van der Waals surface area (Å²) in [6.07, 6.45) is 1.45. The van der Waals surface area contributed by atoms with E-state index in [0.717, 1.165) is 5.56 Å². The average Bonchev–Trinajstić information content (AvgIpc) is 2.70. The van der Waals surface area contributed by atoms with Crippen LogP contribution in [-0.2, 0) is 20.9 Å². The zero-order valence-corrected chi connectivity index (χ0v) is 14.4. The van der Waals surface area contributed by atoms with Crippen LogP contribution in [0, 0.1) is 11.3 Å². The summed E-state index contributed by atoms with van der Waals surface area (Å²) in [6.45, 7) is 0.336. The minimum absolute atomic E-state index is 0.0770. The van der Waals surface area contributed by atoms with Crippen molar-refractivity contribution < 1.29 is 23.8 Å². The standard InChI is InChI=1S/C20H17NO5/c1-24-19(22)16-7-3-15(4-8-16)13-26-18-9-5-14(6-10-18)11-17(12-21)20(23)25-2/h3-11H,13H2,1-2H3/b17-11+. The van der Waals surface area contributed by atoms with E-state index < -0.39 is 5.97 Å². The molecule has 0 spiro atoms. The predicted molar refractivity (Wildman–Crippen MR) is 94.2 cm³/mol. The van der Waals surface area contributed by atoms with E-state index in [2.05, 4.69) is 9.47 Å². The molecular formula is C20H17NO5. The molecule has 0 atom stereocenters. The van der Waals surface area contributed by atoms with Crippen LogP contribution in [0.1, 0.15) is 21.5 Å². The molecule has 0 aliphatic carbocycles. The molecule has 2 aromatic rings. The number of hydrogen-bond acceptors (Lipinski definition) is 6. The van der Waals surface area contributed by atoms with E-state index in [1.54, 1.807) is 54.6 Å². The van der Waals surface area contributed by atoms with Gasteiger partial charge >= 0.3 is 11.9 Å². The topological polar surface area (TPSA) is 85.6 Å². The smallest absolute Gasteiger partial charge is 0.348 e. The van der Waals surface area contributed by atoms with Gasteiger partial charge in [0.25, 0.3) is 0 Å². The molecule has 0 unspecified atom stereocenters. The Hall–Kier alpha value is -3.59. The van der Waals surface area contributed by atoms with Crippen molar-refractivity contribution in [2.75, 3.05) is 14.2 Å². The Kier molecular flexibility index (Phi) is 6.52. The van der Waals surface area contributed by atoms with E-state index in [1.165, 1.54) is 20.3 Å². The van der Waals surface area contributed by atoms with Gasteiger partial charge in [-0.05, 0) is 41.5 Å². The molecule has 26 heavy (non-hydrogen) atoms. The van der Waals surface area contributed by atoms with Gasteiger partial charge in [0.05, 0.1) is 19.8 Å². The third kappa shape index (κ3) is 4.95. The van der Waals surface area contributed by atoms with Crippen molar-refractivity contribution in [1.82, 2.24) is 0 Å². The van der Waals surface area contributed by atoms with Crippen molar-refractivity contribution >= 4 is 18.0 Å². The van der Waals surface area contributed by atoms with Crippen molar-refractivity contribution in [3.8, 4) is 11.8 Å². The number of benzene rings is 2. The summed E-state index contributed by atoms with van der Waals surface area (Å²) in [4.78, 5) is 22.8. The normalized spacial score (nSPS) is 10.6. The second-order valence-corrected chi connectivity index (χ2v) is 5.21. The highest BCUT2D eigenvalue weighted by atomic mass is 16.5. The van der Waals surface area contributed by atoms with Gasteiger partial charge in [-0.1, -0.05) is 24.3 Å². The van der Waals surface area contributed by atoms with Gasteiger partial charge in [-0.2, -0.15) is 5.26 Å². The lowest BCUT2D eigenvalue weighted by Gasteiger charge is -2.07. The summed E-state index contributed by atoms with van der Waals surface area (Å²) in [5.74, 6) is -0.427. The number of nitriles is 1. The molecular weight excluding hydrogens is 334 g/mol. The maximum absolute atomic E-state index is 11.4. The molecule has 6 nitrogen and oxygen atoms in total. The summed E-state index contributed by atoms with van der Waals surface area (Å²) < 4.78 is 14.9. The highest BCUT2D eigenvalue weighted by Crippen LogP contribution is 2.17. The van der Waals surface area contributed by atoms with Crippen molar-refractivity contribution in [3.63, 3.8) is 0 Å². The summed E-state index contributed by atoms with van der Waals surface area (Å²) >= 11 is 0. The first kappa shape index (κ1) is 18.7. The average molecular weight is 351 g/mol. The van der Waals surface area contributed by atoms with E-state index in [4.69, 9.17) is 10.00 Å². The molecule has 0 saturated heterocycles. The third-order valence-electron chi connectivity index (χ3n) is 3.50. The van der Waals surface area contributed by atoms with Crippen LogP contribution in [0.2, 0.25) is 0 Å². The van der Waals surface area contributed by atoms with Gasteiger partial charge in [0.15, 0.2) is 0 Å². The fourth-order valence-electron chi connectivity index (χ4n) is 2.10. The lowest BCUT2D eigenvalue weighted by molar-refractivity contribution is -0.135. The molecule has 0 amide bonds. The number of ether oxygens (including phenoxy) is 3. The lowest BCUT2D eigenvalue weighted by atomic mass is 10.1. The second kappa shape index (κ2) is 9.04. The van der Waals surface area contributed by atoms with Crippen molar-refractivity contribution in [2.45, 2.75) is 6.61 Å². The SMILES string of the molecule is COC(=O)/C(C#N)=C/c1ccc(OCc2ccc(C(=O)OC)cc2)cc1. The quantitative estimate of drug-likeness (QED) is 0.451. The third-order valence-corrected chi connectivity index (χ3v) is 3.50. The van der Waals surface area contributed by atoms with E-state index >= 15 is 0 Å². The maximum atomic E-state index is 11.4. The molecule has 0 saturated carbocycles. The molecule has 0 bridgehead atoms. The van der Waals surface area contributed by atoms with E-state index in [1.807, 2.05) is 0 Å². The van der Waals surface area contributed by atoms with Crippen LogP contribution in [0.5, 0.6) is 5.75 Å². The molecule has 6 heteroatoms. The molecule has 2 aromatic carbocycles.